The predicted molar refractivity (Wildman–Crippen MR) is 118 cm³/mol. The molecule has 7 nitrogen and oxygen atoms in total. The molecule has 148 valence electrons. The fourth-order valence-electron chi connectivity index (χ4n) is 2.23. The Morgan fingerprint density at radius 2 is 2.00 bits per heavy atom. The minimum absolute atomic E-state index is 0. The Balaban J connectivity index is 0.00000364. The van der Waals surface area contributed by atoms with Crippen molar-refractivity contribution < 1.29 is 14.2 Å². The van der Waals surface area contributed by atoms with E-state index < -0.39 is 0 Å². The van der Waals surface area contributed by atoms with Gasteiger partial charge in [0, 0.05) is 57.7 Å². The van der Waals surface area contributed by atoms with Crippen molar-refractivity contribution in [3.63, 3.8) is 0 Å². The lowest BCUT2D eigenvalue weighted by Crippen LogP contribution is -2.30. The number of aliphatic imine (C=N–C) groups is 1. The summed E-state index contributed by atoms with van der Waals surface area (Å²) < 4.78 is 15.9. The third-order valence-corrected chi connectivity index (χ3v) is 3.55. The molecule has 0 radical (unpaired) electrons. The topological polar surface area (TPSA) is 77.0 Å². The Morgan fingerprint density at radius 3 is 2.74 bits per heavy atom. The van der Waals surface area contributed by atoms with Crippen molar-refractivity contribution in [2.24, 2.45) is 4.99 Å². The van der Waals surface area contributed by atoms with Gasteiger partial charge in [0.1, 0.15) is 5.75 Å². The summed E-state index contributed by atoms with van der Waals surface area (Å²) in [6.07, 6.45) is 2.57. The Bertz CT molecular complexity index is 713. The van der Waals surface area contributed by atoms with Crippen LogP contribution in [-0.2, 0) is 11.3 Å². The number of hydrogen-bond acceptors (Lipinski definition) is 5. The van der Waals surface area contributed by atoms with Gasteiger partial charge < -0.3 is 24.8 Å². The lowest BCUT2D eigenvalue weighted by Gasteiger charge is -2.13. The average molecular weight is 486 g/mol. The van der Waals surface area contributed by atoms with Gasteiger partial charge in [-0.3, -0.25) is 4.99 Å². The van der Waals surface area contributed by atoms with Gasteiger partial charge in [-0.1, -0.05) is 6.07 Å². The van der Waals surface area contributed by atoms with E-state index in [0.29, 0.717) is 31.6 Å². The van der Waals surface area contributed by atoms with Crippen LogP contribution < -0.4 is 20.1 Å². The average Bonchev–Trinajstić information content (AvgIpc) is 2.69. The molecule has 0 spiro atoms. The maximum Gasteiger partial charge on any atom is 0.213 e. The molecular weight excluding hydrogens is 459 g/mol. The number of benzene rings is 1. The van der Waals surface area contributed by atoms with Crippen LogP contribution in [0.2, 0.25) is 0 Å². The number of methoxy groups -OCH3 is 2. The van der Waals surface area contributed by atoms with Gasteiger partial charge in [-0.25, -0.2) is 4.98 Å². The quantitative estimate of drug-likeness (QED) is 0.245. The first-order valence-corrected chi connectivity index (χ1v) is 8.43. The molecule has 0 bridgehead atoms. The van der Waals surface area contributed by atoms with E-state index in [1.54, 1.807) is 27.5 Å². The van der Waals surface area contributed by atoms with Crippen LogP contribution in [-0.4, -0.2) is 45.4 Å². The lowest BCUT2D eigenvalue weighted by molar-refractivity contribution is 0.172. The minimum Gasteiger partial charge on any atom is -0.493 e. The van der Waals surface area contributed by atoms with Crippen molar-refractivity contribution in [3.8, 4) is 11.6 Å². The number of guanidine groups is 1. The van der Waals surface area contributed by atoms with E-state index in [9.17, 15) is 0 Å². The van der Waals surface area contributed by atoms with Crippen molar-refractivity contribution in [1.29, 1.82) is 0 Å². The van der Waals surface area contributed by atoms with E-state index >= 15 is 0 Å². The Kier molecular flexibility index (Phi) is 11.2. The molecule has 2 N–H and O–H groups in total. The maximum atomic E-state index is 5.72. The highest BCUT2D eigenvalue weighted by molar-refractivity contribution is 14.0. The summed E-state index contributed by atoms with van der Waals surface area (Å²) in [7, 11) is 5.02. The van der Waals surface area contributed by atoms with E-state index in [0.717, 1.165) is 23.4 Å². The smallest absolute Gasteiger partial charge is 0.213 e. The van der Waals surface area contributed by atoms with Crippen LogP contribution >= 0.6 is 24.0 Å². The van der Waals surface area contributed by atoms with E-state index in [1.165, 1.54) is 0 Å². The molecular formula is C19H27IN4O3. The predicted octanol–water partition coefficient (Wildman–Crippen LogP) is 3.31. The first-order chi connectivity index (χ1) is 12.7. The van der Waals surface area contributed by atoms with E-state index in [2.05, 4.69) is 20.6 Å². The molecule has 1 heterocycles. The second-order valence-corrected chi connectivity index (χ2v) is 5.48. The molecule has 0 aliphatic rings. The van der Waals surface area contributed by atoms with Gasteiger partial charge in [-0.2, -0.15) is 0 Å². The number of rotatable bonds is 9. The Morgan fingerprint density at radius 1 is 1.15 bits per heavy atom. The molecule has 2 aromatic rings. The number of nitrogens with one attached hydrogen (secondary N) is 2. The van der Waals surface area contributed by atoms with Crippen molar-refractivity contribution >= 4 is 35.6 Å². The monoisotopic (exact) mass is 486 g/mol. The summed E-state index contributed by atoms with van der Waals surface area (Å²) in [6.45, 7) is 1.91. The molecule has 0 amide bonds. The van der Waals surface area contributed by atoms with Crippen LogP contribution in [0.15, 0.2) is 47.6 Å². The van der Waals surface area contributed by atoms with Gasteiger partial charge in [-0.15, -0.1) is 24.0 Å². The fraction of sp³-hybridized carbons (Fsp3) is 0.368. The Hall–Kier alpha value is -2.07. The second kappa shape index (κ2) is 13.2. The summed E-state index contributed by atoms with van der Waals surface area (Å²) in [6, 6.07) is 11.6. The first kappa shape index (κ1) is 23.0. The molecule has 1 aromatic heterocycles. The number of anilines is 1. The van der Waals surface area contributed by atoms with Crippen LogP contribution in [0.5, 0.6) is 11.6 Å². The minimum atomic E-state index is 0. The third-order valence-electron chi connectivity index (χ3n) is 3.55. The van der Waals surface area contributed by atoms with Gasteiger partial charge in [0.15, 0.2) is 5.96 Å². The third kappa shape index (κ3) is 8.44. The Labute approximate surface area is 177 Å². The normalized spacial score (nSPS) is 10.7. The van der Waals surface area contributed by atoms with Crippen LogP contribution in [0.25, 0.3) is 0 Å². The summed E-state index contributed by atoms with van der Waals surface area (Å²) in [4.78, 5) is 8.35. The number of nitrogens with zero attached hydrogens (tertiary/aromatic N) is 2. The van der Waals surface area contributed by atoms with E-state index in [4.69, 9.17) is 14.2 Å². The molecule has 8 heteroatoms. The second-order valence-electron chi connectivity index (χ2n) is 5.48. The number of halogens is 1. The summed E-state index contributed by atoms with van der Waals surface area (Å²) >= 11 is 0. The lowest BCUT2D eigenvalue weighted by atomic mass is 10.2. The van der Waals surface area contributed by atoms with Crippen molar-refractivity contribution in [2.75, 3.05) is 39.8 Å². The van der Waals surface area contributed by atoms with Crippen molar-refractivity contribution in [3.05, 3.63) is 48.2 Å². The van der Waals surface area contributed by atoms with E-state index in [-0.39, 0.29) is 24.0 Å². The molecule has 1 aromatic carbocycles. The SMILES string of the molecule is CN=C(NCc1ccnc(OC)c1)Nc1cccc(OCCCOC)c1.I. The number of aromatic nitrogens is 1. The highest BCUT2D eigenvalue weighted by Crippen LogP contribution is 2.17. The zero-order chi connectivity index (χ0) is 18.6. The highest BCUT2D eigenvalue weighted by Gasteiger charge is 2.03. The van der Waals surface area contributed by atoms with E-state index in [1.807, 2.05) is 36.4 Å². The number of pyridine rings is 1. The zero-order valence-electron chi connectivity index (χ0n) is 15.9. The summed E-state index contributed by atoms with van der Waals surface area (Å²) in [5.74, 6) is 2.06. The molecule has 0 aliphatic heterocycles. The molecule has 0 unspecified atom stereocenters. The summed E-state index contributed by atoms with van der Waals surface area (Å²) in [5.41, 5.74) is 1.95. The molecule has 27 heavy (non-hydrogen) atoms. The molecule has 0 saturated carbocycles. The molecule has 0 saturated heterocycles. The zero-order valence-corrected chi connectivity index (χ0v) is 18.2. The van der Waals surface area contributed by atoms with Crippen LogP contribution in [0.4, 0.5) is 5.69 Å². The van der Waals surface area contributed by atoms with Gasteiger partial charge in [-0.05, 0) is 23.8 Å². The summed E-state index contributed by atoms with van der Waals surface area (Å²) in [5, 5.41) is 6.52. The van der Waals surface area contributed by atoms with Gasteiger partial charge in [0.05, 0.1) is 13.7 Å². The largest absolute Gasteiger partial charge is 0.493 e. The maximum absolute atomic E-state index is 5.72. The first-order valence-electron chi connectivity index (χ1n) is 8.43. The number of ether oxygens (including phenoxy) is 3. The van der Waals surface area contributed by atoms with Crippen LogP contribution in [0.3, 0.4) is 0 Å². The van der Waals surface area contributed by atoms with Gasteiger partial charge in [0.25, 0.3) is 0 Å². The van der Waals surface area contributed by atoms with Gasteiger partial charge in [0.2, 0.25) is 5.88 Å². The van der Waals surface area contributed by atoms with Gasteiger partial charge >= 0.3 is 0 Å². The van der Waals surface area contributed by atoms with Crippen LogP contribution in [0, 0.1) is 0 Å². The molecule has 0 fully saturated rings. The van der Waals surface area contributed by atoms with Crippen LogP contribution in [0.1, 0.15) is 12.0 Å². The standard InChI is InChI=1S/C19H26N4O3.HI/c1-20-19(22-14-15-8-9-21-18(12-15)25-3)23-16-6-4-7-17(13-16)26-11-5-10-24-2;/h4,6-9,12-13H,5,10-11,14H2,1-3H3,(H2,20,22,23);1H. The highest BCUT2D eigenvalue weighted by atomic mass is 127. The fourth-order valence-corrected chi connectivity index (χ4v) is 2.23. The van der Waals surface area contributed by atoms with Crippen molar-refractivity contribution in [2.45, 2.75) is 13.0 Å². The molecule has 0 aliphatic carbocycles. The van der Waals surface area contributed by atoms with Crippen molar-refractivity contribution in [1.82, 2.24) is 10.3 Å². The number of hydrogen-bond donors (Lipinski definition) is 2. The molecule has 2 rings (SSSR count). The molecule has 0 atom stereocenters.